The van der Waals surface area contributed by atoms with Crippen LogP contribution in [0.15, 0.2) is 22.5 Å². The summed E-state index contributed by atoms with van der Waals surface area (Å²) in [6.45, 7) is 0.542. The summed E-state index contributed by atoms with van der Waals surface area (Å²) in [6, 6.07) is 4.01. The van der Waals surface area contributed by atoms with Crippen molar-refractivity contribution >= 4 is 45.5 Å². The first kappa shape index (κ1) is 13.7. The normalized spacial score (nSPS) is 18.3. The molecule has 0 fully saturated rings. The minimum atomic E-state index is -0.287. The number of thioether (sulfide) groups is 1. The quantitative estimate of drug-likeness (QED) is 0.870. The van der Waals surface area contributed by atoms with E-state index >= 15 is 0 Å². The van der Waals surface area contributed by atoms with Crippen molar-refractivity contribution in [2.24, 2.45) is 4.99 Å². The third kappa shape index (κ3) is 3.91. The van der Waals surface area contributed by atoms with Crippen LogP contribution in [0.2, 0.25) is 0 Å². The molecule has 5 nitrogen and oxygen atoms in total. The van der Waals surface area contributed by atoms with Crippen LogP contribution in [0.5, 0.6) is 0 Å². The zero-order chi connectivity index (χ0) is 13.0. The van der Waals surface area contributed by atoms with Gasteiger partial charge in [0.1, 0.15) is 0 Å². The van der Waals surface area contributed by atoms with Gasteiger partial charge in [0.15, 0.2) is 5.17 Å². The predicted molar refractivity (Wildman–Crippen MR) is 77.7 cm³/mol. The van der Waals surface area contributed by atoms with Gasteiger partial charge in [-0.2, -0.15) is 0 Å². The molecular formula is C10H13N3O2S3. The summed E-state index contributed by atoms with van der Waals surface area (Å²) in [4.78, 5) is 18.4. The second kappa shape index (κ2) is 6.46. The van der Waals surface area contributed by atoms with E-state index in [4.69, 9.17) is 4.74 Å². The summed E-state index contributed by atoms with van der Waals surface area (Å²) in [5, 5.41) is 2.55. The van der Waals surface area contributed by atoms with Crippen molar-refractivity contribution in [2.45, 2.75) is 12.2 Å². The minimum absolute atomic E-state index is 0.0549. The fourth-order valence-corrected chi connectivity index (χ4v) is 3.14. The Morgan fingerprint density at radius 2 is 2.50 bits per heavy atom. The maximum atomic E-state index is 11.5. The number of hydrogen-bond donors (Lipinski definition) is 1. The number of amidine groups is 1. The Hall–Kier alpha value is -0.700. The topological polar surface area (TPSA) is 53.9 Å². The first-order chi connectivity index (χ1) is 8.65. The molecule has 8 heteroatoms. The number of ether oxygens (including phenoxy) is 1. The molecule has 2 heterocycles. The molecule has 98 valence electrons. The number of nitrogens with one attached hydrogen (secondary N) is 1. The number of amides is 1. The molecule has 2 rings (SSSR count). The molecule has 1 aliphatic heterocycles. The zero-order valence-electron chi connectivity index (χ0n) is 9.95. The monoisotopic (exact) mass is 303 g/mol. The Labute approximate surface area is 118 Å². The molecule has 0 bridgehead atoms. The molecule has 1 atom stereocenters. The van der Waals surface area contributed by atoms with E-state index in [0.717, 1.165) is 16.6 Å². The van der Waals surface area contributed by atoms with Gasteiger partial charge in [0.25, 0.3) is 5.24 Å². The van der Waals surface area contributed by atoms with E-state index in [2.05, 4.69) is 9.71 Å². The average molecular weight is 303 g/mol. The Bertz CT molecular complexity index is 434. The van der Waals surface area contributed by atoms with Gasteiger partial charge in [0, 0.05) is 42.7 Å². The molecular weight excluding hydrogens is 290 g/mol. The Morgan fingerprint density at radius 3 is 3.17 bits per heavy atom. The van der Waals surface area contributed by atoms with Crippen molar-refractivity contribution in [1.82, 2.24) is 9.62 Å². The van der Waals surface area contributed by atoms with E-state index in [1.165, 1.54) is 16.8 Å². The van der Waals surface area contributed by atoms with Gasteiger partial charge in [-0.15, -0.1) is 11.3 Å². The Morgan fingerprint density at radius 1 is 1.67 bits per heavy atom. The third-order valence-corrected chi connectivity index (χ3v) is 4.64. The maximum Gasteiger partial charge on any atom is 0.288 e. The van der Waals surface area contributed by atoms with Crippen molar-refractivity contribution in [2.75, 3.05) is 14.1 Å². The molecule has 0 spiro atoms. The number of carbonyl (C=O) groups is 1. The number of carbonyl (C=O) groups excluding carboxylic acids is 1. The lowest BCUT2D eigenvalue weighted by Gasteiger charge is -2.07. The van der Waals surface area contributed by atoms with Crippen molar-refractivity contribution in [3.8, 4) is 0 Å². The molecule has 1 amide bonds. The van der Waals surface area contributed by atoms with E-state index in [9.17, 15) is 4.79 Å². The number of thiophene rings is 1. The summed E-state index contributed by atoms with van der Waals surface area (Å²) in [5.74, 6) is 0. The first-order valence-corrected chi connectivity index (χ1v) is 7.75. The van der Waals surface area contributed by atoms with Crippen molar-refractivity contribution in [3.05, 3.63) is 22.4 Å². The van der Waals surface area contributed by atoms with Crippen LogP contribution in [0.25, 0.3) is 0 Å². The van der Waals surface area contributed by atoms with Crippen LogP contribution < -0.4 is 4.72 Å². The fraction of sp³-hybridized carbons (Fsp3) is 0.400. The molecule has 18 heavy (non-hydrogen) atoms. The zero-order valence-corrected chi connectivity index (χ0v) is 12.4. The Kier molecular flexibility index (Phi) is 4.93. The van der Waals surface area contributed by atoms with Crippen LogP contribution in [0.4, 0.5) is 4.79 Å². The van der Waals surface area contributed by atoms with Crippen LogP contribution in [0, 0.1) is 0 Å². The number of hydrogen-bond acceptors (Lipinski definition) is 7. The molecule has 0 aromatic carbocycles. The van der Waals surface area contributed by atoms with Gasteiger partial charge in [0.2, 0.25) is 5.56 Å². The van der Waals surface area contributed by atoms with Gasteiger partial charge in [-0.25, -0.2) is 4.99 Å². The van der Waals surface area contributed by atoms with Crippen LogP contribution in [-0.4, -0.2) is 35.0 Å². The van der Waals surface area contributed by atoms with Gasteiger partial charge in [-0.3, -0.25) is 4.79 Å². The van der Waals surface area contributed by atoms with Crippen molar-refractivity contribution in [3.63, 3.8) is 0 Å². The highest BCUT2D eigenvalue weighted by atomic mass is 32.2. The summed E-state index contributed by atoms with van der Waals surface area (Å²) in [5.41, 5.74) is -0.287. The molecule has 0 saturated carbocycles. The van der Waals surface area contributed by atoms with Gasteiger partial charge >= 0.3 is 0 Å². The molecule has 1 aromatic rings. The van der Waals surface area contributed by atoms with E-state index in [0.29, 0.717) is 11.8 Å². The van der Waals surface area contributed by atoms with Crippen molar-refractivity contribution in [1.29, 1.82) is 0 Å². The predicted octanol–water partition coefficient (Wildman–Crippen LogP) is 2.57. The Balaban J connectivity index is 1.79. The van der Waals surface area contributed by atoms with Crippen LogP contribution in [0.1, 0.15) is 4.88 Å². The van der Waals surface area contributed by atoms with Crippen molar-refractivity contribution < 1.29 is 9.53 Å². The van der Waals surface area contributed by atoms with Gasteiger partial charge < -0.3 is 14.4 Å². The summed E-state index contributed by atoms with van der Waals surface area (Å²) in [7, 11) is 3.42. The summed E-state index contributed by atoms with van der Waals surface area (Å²) in [6.07, 6.45) is 0. The largest absolute Gasteiger partial charge is 0.340 e. The minimum Gasteiger partial charge on any atom is -0.340 e. The average Bonchev–Trinajstić information content (AvgIpc) is 2.96. The summed E-state index contributed by atoms with van der Waals surface area (Å²) >= 11 is 4.09. The smallest absolute Gasteiger partial charge is 0.288 e. The van der Waals surface area contributed by atoms with E-state index in [1.54, 1.807) is 25.4 Å². The van der Waals surface area contributed by atoms with Gasteiger partial charge in [-0.1, -0.05) is 6.07 Å². The number of nitrogens with zero attached hydrogens (tertiary/aromatic N) is 2. The molecule has 1 unspecified atom stereocenters. The lowest BCUT2D eigenvalue weighted by atomic mass is 10.5. The lowest BCUT2D eigenvalue weighted by molar-refractivity contribution is 0.108. The van der Waals surface area contributed by atoms with Gasteiger partial charge in [-0.05, 0) is 11.4 Å². The molecule has 0 radical (unpaired) electrons. The molecule has 0 saturated heterocycles. The highest BCUT2D eigenvalue weighted by molar-refractivity contribution is 8.27. The van der Waals surface area contributed by atoms with E-state index in [-0.39, 0.29) is 10.8 Å². The van der Waals surface area contributed by atoms with Gasteiger partial charge in [0.05, 0.1) is 6.61 Å². The first-order valence-electron chi connectivity index (χ1n) is 5.18. The lowest BCUT2D eigenvalue weighted by Crippen LogP contribution is -2.20. The van der Waals surface area contributed by atoms with Crippen LogP contribution in [-0.2, 0) is 11.3 Å². The second-order valence-corrected chi connectivity index (χ2v) is 6.43. The number of aliphatic imine (C=N–C) groups is 1. The highest BCUT2D eigenvalue weighted by Gasteiger charge is 2.21. The molecule has 0 aliphatic carbocycles. The molecule has 1 aliphatic rings. The van der Waals surface area contributed by atoms with Crippen LogP contribution in [0.3, 0.4) is 0 Å². The molecule has 1 aromatic heterocycles. The fourth-order valence-electron chi connectivity index (χ4n) is 1.09. The third-order valence-electron chi connectivity index (χ3n) is 1.97. The standard InChI is InChI=1S/C10H13N3O2S3/c1-13(2)10(14)17-8-11-9(18-12-8)15-6-7-4-3-5-16-7/h3-5,9H,6H2,1-2H3,(H,11,12). The summed E-state index contributed by atoms with van der Waals surface area (Å²) < 4.78 is 8.59. The molecule has 1 N–H and O–H groups in total. The van der Waals surface area contributed by atoms with E-state index < -0.39 is 0 Å². The second-order valence-electron chi connectivity index (χ2n) is 3.61. The highest BCUT2D eigenvalue weighted by Crippen LogP contribution is 2.24. The SMILES string of the molecule is CN(C)C(=O)SC1=NC(OCc2cccs2)SN1. The maximum absolute atomic E-state index is 11.5. The van der Waals surface area contributed by atoms with Crippen LogP contribution >= 0.6 is 35.0 Å². The number of rotatable bonds is 3. The van der Waals surface area contributed by atoms with E-state index in [1.807, 2.05) is 17.5 Å².